The molecule has 184 valence electrons. The summed E-state index contributed by atoms with van der Waals surface area (Å²) in [7, 11) is 0.634. The third kappa shape index (κ3) is 6.94. The number of halogens is 2. The van der Waals surface area contributed by atoms with E-state index < -0.39 is 8.07 Å². The molecule has 0 saturated carbocycles. The van der Waals surface area contributed by atoms with Crippen LogP contribution in [-0.2, 0) is 20.2 Å². The van der Waals surface area contributed by atoms with Crippen LogP contribution in [0.4, 0.5) is 4.39 Å². The van der Waals surface area contributed by atoms with Gasteiger partial charge in [-0.05, 0) is 44.1 Å². The summed E-state index contributed by atoms with van der Waals surface area (Å²) in [6.45, 7) is 9.64. The number of imidazole rings is 1. The third-order valence-corrected chi connectivity index (χ3v) is 7.27. The predicted octanol–water partition coefficient (Wildman–Crippen LogP) is 5.80. The monoisotopic (exact) mass is 510 g/mol. The minimum atomic E-state index is -1.42. The number of likely N-dealkylation sites (tertiary alicyclic amines) is 1. The highest BCUT2D eigenvalue weighted by Gasteiger charge is 2.23. The molecule has 0 atom stereocenters. The van der Waals surface area contributed by atoms with E-state index in [-0.39, 0.29) is 12.4 Å². The molecule has 0 amide bonds. The lowest BCUT2D eigenvalue weighted by Crippen LogP contribution is -2.33. The van der Waals surface area contributed by atoms with Gasteiger partial charge in [0.2, 0.25) is 5.88 Å². The van der Waals surface area contributed by atoms with Crippen molar-refractivity contribution >= 4 is 19.7 Å². The van der Waals surface area contributed by atoms with E-state index in [1.165, 1.54) is 6.07 Å². The van der Waals surface area contributed by atoms with E-state index in [9.17, 15) is 4.39 Å². The number of pyridine rings is 1. The van der Waals surface area contributed by atoms with Gasteiger partial charge < -0.3 is 9.30 Å². The first-order valence-corrected chi connectivity index (χ1v) is 15.9. The van der Waals surface area contributed by atoms with Crippen molar-refractivity contribution in [3.05, 3.63) is 76.2 Å². The number of hydrogen-bond acceptors (Lipinski definition) is 4. The maximum absolute atomic E-state index is 14.0. The first-order valence-electron chi connectivity index (χ1n) is 12.0. The maximum Gasteiger partial charge on any atom is 0.213 e. The summed E-state index contributed by atoms with van der Waals surface area (Å²) in [5.41, 5.74) is 5.89. The van der Waals surface area contributed by atoms with Gasteiger partial charge in [0.05, 0.1) is 12.7 Å². The van der Waals surface area contributed by atoms with E-state index in [0.717, 1.165) is 49.7 Å². The Morgan fingerprint density at radius 2 is 1.94 bits per heavy atom. The molecule has 8 heteroatoms. The van der Waals surface area contributed by atoms with Crippen LogP contribution in [0.1, 0.15) is 41.5 Å². The molecule has 0 aliphatic carbocycles. The average molecular weight is 511 g/mol. The van der Waals surface area contributed by atoms with Gasteiger partial charge in [-0.2, -0.15) is 0 Å². The second kappa shape index (κ2) is 10.9. The molecule has 1 saturated heterocycles. The number of ether oxygens (including phenoxy) is 1. The number of benzene rings is 1. The van der Waals surface area contributed by atoms with Crippen LogP contribution in [0.25, 0.3) is 0 Å². The van der Waals surface area contributed by atoms with E-state index in [4.69, 9.17) is 21.3 Å². The Kier molecular flexibility index (Phi) is 7.95. The number of hydrogen-bond donors (Lipinski definition) is 0. The van der Waals surface area contributed by atoms with Gasteiger partial charge in [-0.3, -0.25) is 4.90 Å². The number of nitrogens with zero attached hydrogens (tertiary/aromatic N) is 4. The molecular formula is C27H32ClFN4OSi. The van der Waals surface area contributed by atoms with Crippen molar-refractivity contribution in [2.45, 2.75) is 51.6 Å². The van der Waals surface area contributed by atoms with Crippen LogP contribution < -0.4 is 4.74 Å². The van der Waals surface area contributed by atoms with Crippen molar-refractivity contribution in [1.82, 2.24) is 19.4 Å². The maximum atomic E-state index is 14.0. The van der Waals surface area contributed by atoms with Crippen LogP contribution in [0.3, 0.4) is 0 Å². The first kappa shape index (κ1) is 25.4. The van der Waals surface area contributed by atoms with Gasteiger partial charge in [0, 0.05) is 35.3 Å². The predicted molar refractivity (Wildman–Crippen MR) is 141 cm³/mol. The molecule has 3 aromatic rings. The summed E-state index contributed by atoms with van der Waals surface area (Å²) in [6, 6.07) is 10.4. The number of aromatic nitrogens is 3. The molecule has 3 heterocycles. The Labute approximate surface area is 213 Å². The quantitative estimate of drug-likeness (QED) is 0.311. The Balaban J connectivity index is 1.32. The number of rotatable bonds is 6. The fourth-order valence-corrected chi connectivity index (χ4v) is 4.74. The van der Waals surface area contributed by atoms with Crippen molar-refractivity contribution in [3.8, 4) is 17.3 Å². The molecule has 1 aliphatic heterocycles. The molecule has 1 aliphatic rings. The summed E-state index contributed by atoms with van der Waals surface area (Å²) in [5.74, 6) is 4.88. The van der Waals surface area contributed by atoms with E-state index in [0.29, 0.717) is 22.4 Å². The molecule has 0 unspecified atom stereocenters. The summed E-state index contributed by atoms with van der Waals surface area (Å²) in [6.07, 6.45) is 3.94. The van der Waals surface area contributed by atoms with E-state index in [1.54, 1.807) is 12.1 Å². The van der Waals surface area contributed by atoms with Crippen molar-refractivity contribution in [1.29, 1.82) is 0 Å². The zero-order valence-corrected chi connectivity index (χ0v) is 22.6. The van der Waals surface area contributed by atoms with Crippen molar-refractivity contribution in [2.75, 3.05) is 13.1 Å². The molecule has 35 heavy (non-hydrogen) atoms. The highest BCUT2D eigenvalue weighted by atomic mass is 35.5. The minimum Gasteiger partial charge on any atom is -0.473 e. The first-order chi connectivity index (χ1) is 16.7. The fourth-order valence-electron chi connectivity index (χ4n) is 4.08. The highest BCUT2D eigenvalue weighted by molar-refractivity contribution is 6.83. The van der Waals surface area contributed by atoms with Crippen LogP contribution >= 0.6 is 11.6 Å². The lowest BCUT2D eigenvalue weighted by atomic mass is 9.93. The molecule has 0 bridgehead atoms. The number of piperidine rings is 1. The van der Waals surface area contributed by atoms with E-state index >= 15 is 0 Å². The standard InChI is InChI=1S/C27H32ClFN4OSi/c1-32-23(12-15-35(2,3)4)17-30-26(32)18-33-13-10-20(11-14-33)25-6-5-7-27(31-25)34-19-21-8-9-22(28)16-24(21)29/h5-9,16-17,20H,10-11,13-14,18-19H2,1-4H3. The van der Waals surface area contributed by atoms with Gasteiger partial charge in [-0.1, -0.05) is 49.3 Å². The Bertz CT molecular complexity index is 1240. The molecule has 2 aromatic heterocycles. The molecule has 0 spiro atoms. The summed E-state index contributed by atoms with van der Waals surface area (Å²) in [5, 5.41) is 0.372. The van der Waals surface area contributed by atoms with Gasteiger partial charge in [0.1, 0.15) is 32.0 Å². The Morgan fingerprint density at radius 3 is 2.66 bits per heavy atom. The van der Waals surface area contributed by atoms with Crippen molar-refractivity contribution in [3.63, 3.8) is 0 Å². The molecule has 4 rings (SSSR count). The average Bonchev–Trinajstić information content (AvgIpc) is 3.16. The van der Waals surface area contributed by atoms with Gasteiger partial charge in [0.25, 0.3) is 0 Å². The second-order valence-electron chi connectivity index (χ2n) is 10.1. The summed E-state index contributed by atoms with van der Waals surface area (Å²) >= 11 is 5.83. The molecule has 5 nitrogen and oxygen atoms in total. The summed E-state index contributed by atoms with van der Waals surface area (Å²) < 4.78 is 21.9. The van der Waals surface area contributed by atoms with Crippen molar-refractivity contribution in [2.24, 2.45) is 7.05 Å². The van der Waals surface area contributed by atoms with Crippen LogP contribution in [0, 0.1) is 17.3 Å². The lowest BCUT2D eigenvalue weighted by Gasteiger charge is -2.31. The lowest BCUT2D eigenvalue weighted by molar-refractivity contribution is 0.196. The molecular weight excluding hydrogens is 479 g/mol. The van der Waals surface area contributed by atoms with Gasteiger partial charge in [-0.25, -0.2) is 14.4 Å². The second-order valence-corrected chi connectivity index (χ2v) is 15.3. The zero-order chi connectivity index (χ0) is 25.0. The van der Waals surface area contributed by atoms with Crippen LogP contribution in [0.5, 0.6) is 5.88 Å². The van der Waals surface area contributed by atoms with Crippen LogP contribution in [-0.4, -0.2) is 40.6 Å². The minimum absolute atomic E-state index is 0.117. The molecule has 1 fully saturated rings. The van der Waals surface area contributed by atoms with E-state index in [2.05, 4.69) is 58.7 Å². The molecule has 0 N–H and O–H groups in total. The SMILES string of the molecule is Cn1c(C#C[Si](C)(C)C)cnc1CN1CCC(c2cccc(OCc3ccc(Cl)cc3F)n2)CC1. The van der Waals surface area contributed by atoms with Crippen LogP contribution in [0.2, 0.25) is 24.7 Å². The smallest absolute Gasteiger partial charge is 0.213 e. The van der Waals surface area contributed by atoms with Crippen LogP contribution in [0.15, 0.2) is 42.6 Å². The third-order valence-electron chi connectivity index (χ3n) is 6.16. The van der Waals surface area contributed by atoms with Gasteiger partial charge in [0.15, 0.2) is 0 Å². The van der Waals surface area contributed by atoms with E-state index in [1.807, 2.05) is 18.3 Å². The normalized spacial score (nSPS) is 15.0. The topological polar surface area (TPSA) is 43.2 Å². The Morgan fingerprint density at radius 1 is 1.17 bits per heavy atom. The molecule has 1 aromatic carbocycles. The molecule has 0 radical (unpaired) electrons. The zero-order valence-electron chi connectivity index (χ0n) is 20.8. The van der Waals surface area contributed by atoms with Gasteiger partial charge >= 0.3 is 0 Å². The highest BCUT2D eigenvalue weighted by Crippen LogP contribution is 2.29. The Hall–Kier alpha value is -2.66. The largest absolute Gasteiger partial charge is 0.473 e. The fraction of sp³-hybridized carbons (Fsp3) is 0.407. The van der Waals surface area contributed by atoms with Crippen molar-refractivity contribution < 1.29 is 9.13 Å². The van der Waals surface area contributed by atoms with Gasteiger partial charge in [-0.15, -0.1) is 5.54 Å². The summed E-state index contributed by atoms with van der Waals surface area (Å²) in [4.78, 5) is 11.8.